The van der Waals surface area contributed by atoms with Gasteiger partial charge in [0.25, 0.3) is 5.91 Å². The number of hydrogen-bond donors (Lipinski definition) is 2. The molecule has 1 amide bonds. The van der Waals surface area contributed by atoms with Crippen molar-refractivity contribution in [2.75, 3.05) is 26.7 Å². The van der Waals surface area contributed by atoms with Crippen LogP contribution in [0.25, 0.3) is 0 Å². The highest BCUT2D eigenvalue weighted by Gasteiger charge is 2.23. The van der Waals surface area contributed by atoms with E-state index in [1.54, 1.807) is 19.2 Å². The maximum absolute atomic E-state index is 12.5. The van der Waals surface area contributed by atoms with Crippen LogP contribution in [-0.4, -0.2) is 48.6 Å². The highest BCUT2D eigenvalue weighted by atomic mass is 16.5. The summed E-state index contributed by atoms with van der Waals surface area (Å²) in [5.74, 6) is -0.396. The number of likely N-dealkylation sites (tertiary alicyclic amines) is 1. The van der Waals surface area contributed by atoms with E-state index >= 15 is 0 Å². The number of methoxy groups -OCH3 is 1. The molecule has 0 aliphatic carbocycles. The van der Waals surface area contributed by atoms with Gasteiger partial charge in [-0.25, -0.2) is 4.79 Å². The Morgan fingerprint density at radius 1 is 1.00 bits per heavy atom. The molecule has 0 radical (unpaired) electrons. The quantitative estimate of drug-likeness (QED) is 0.768. The Hall–Kier alpha value is -2.86. The number of benzene rings is 2. The summed E-state index contributed by atoms with van der Waals surface area (Å²) in [7, 11) is 1.65. The molecule has 148 valence electrons. The standard InChI is InChI=1S/C22H26N2O4/c1-28-19-11-9-16(10-12-19)20(24-13-3-2-4-14-24)15-23-21(25)17-5-7-18(8-6-17)22(26)27/h5-12,20H,2-4,13-15H2,1H3,(H,23,25)(H,26,27). The number of carboxylic acid groups (broad SMARTS) is 1. The second-order valence-electron chi connectivity index (χ2n) is 6.98. The topological polar surface area (TPSA) is 78.9 Å². The molecule has 6 heteroatoms. The van der Waals surface area contributed by atoms with Gasteiger partial charge in [0.1, 0.15) is 5.75 Å². The summed E-state index contributed by atoms with van der Waals surface area (Å²) in [4.78, 5) is 25.9. The van der Waals surface area contributed by atoms with Crippen molar-refractivity contribution in [2.45, 2.75) is 25.3 Å². The molecule has 1 aliphatic heterocycles. The number of amides is 1. The van der Waals surface area contributed by atoms with E-state index in [4.69, 9.17) is 9.84 Å². The molecule has 0 saturated carbocycles. The van der Waals surface area contributed by atoms with Crippen molar-refractivity contribution >= 4 is 11.9 Å². The first-order chi connectivity index (χ1) is 13.6. The number of rotatable bonds is 7. The number of carbonyl (C=O) groups excluding carboxylic acids is 1. The lowest BCUT2D eigenvalue weighted by molar-refractivity contribution is 0.0696. The molecule has 2 N–H and O–H groups in total. The Kier molecular flexibility index (Phi) is 6.66. The van der Waals surface area contributed by atoms with E-state index in [1.807, 2.05) is 24.3 Å². The molecule has 0 aromatic heterocycles. The lowest BCUT2D eigenvalue weighted by Gasteiger charge is -2.35. The van der Waals surface area contributed by atoms with Crippen LogP contribution in [0.4, 0.5) is 0 Å². The number of carbonyl (C=O) groups is 2. The highest BCUT2D eigenvalue weighted by Crippen LogP contribution is 2.26. The summed E-state index contributed by atoms with van der Waals surface area (Å²) >= 11 is 0. The molecular formula is C22H26N2O4. The largest absolute Gasteiger partial charge is 0.497 e. The molecule has 1 aliphatic rings. The monoisotopic (exact) mass is 382 g/mol. The number of hydrogen-bond acceptors (Lipinski definition) is 4. The first-order valence-electron chi connectivity index (χ1n) is 9.58. The van der Waals surface area contributed by atoms with Crippen molar-refractivity contribution < 1.29 is 19.4 Å². The van der Waals surface area contributed by atoms with Crippen molar-refractivity contribution in [1.29, 1.82) is 0 Å². The minimum atomic E-state index is -1.00. The van der Waals surface area contributed by atoms with Crippen LogP contribution in [0.2, 0.25) is 0 Å². The van der Waals surface area contributed by atoms with Crippen molar-refractivity contribution in [3.8, 4) is 5.75 Å². The van der Waals surface area contributed by atoms with Crippen LogP contribution in [0.5, 0.6) is 5.75 Å². The van der Waals surface area contributed by atoms with Gasteiger partial charge in [-0.1, -0.05) is 18.6 Å². The normalized spacial score (nSPS) is 15.6. The van der Waals surface area contributed by atoms with Crippen LogP contribution >= 0.6 is 0 Å². The van der Waals surface area contributed by atoms with E-state index in [2.05, 4.69) is 10.2 Å². The van der Waals surface area contributed by atoms with Gasteiger partial charge in [-0.15, -0.1) is 0 Å². The van der Waals surface area contributed by atoms with E-state index in [0.717, 1.165) is 37.2 Å². The van der Waals surface area contributed by atoms with Crippen LogP contribution in [0.1, 0.15) is 51.6 Å². The van der Waals surface area contributed by atoms with Crippen molar-refractivity contribution in [1.82, 2.24) is 10.2 Å². The maximum atomic E-state index is 12.5. The lowest BCUT2D eigenvalue weighted by atomic mass is 10.0. The third-order valence-corrected chi connectivity index (χ3v) is 5.18. The summed E-state index contributed by atoms with van der Waals surface area (Å²) in [6, 6.07) is 14.1. The van der Waals surface area contributed by atoms with E-state index in [1.165, 1.54) is 18.6 Å². The molecule has 1 atom stereocenters. The summed E-state index contributed by atoms with van der Waals surface area (Å²) in [5, 5.41) is 12.0. The minimum Gasteiger partial charge on any atom is -0.497 e. The molecular weight excluding hydrogens is 356 g/mol. The molecule has 1 fully saturated rings. The Labute approximate surface area is 165 Å². The van der Waals surface area contributed by atoms with Gasteiger partial charge in [-0.05, 0) is 67.9 Å². The third kappa shape index (κ3) is 4.89. The van der Waals surface area contributed by atoms with Crippen LogP contribution in [-0.2, 0) is 0 Å². The van der Waals surface area contributed by atoms with E-state index in [0.29, 0.717) is 12.1 Å². The molecule has 0 spiro atoms. The van der Waals surface area contributed by atoms with E-state index in [9.17, 15) is 9.59 Å². The lowest BCUT2D eigenvalue weighted by Crippen LogP contribution is -2.40. The number of piperidine rings is 1. The zero-order chi connectivity index (χ0) is 19.9. The number of carboxylic acids is 1. The van der Waals surface area contributed by atoms with Crippen molar-refractivity contribution in [2.24, 2.45) is 0 Å². The Morgan fingerprint density at radius 2 is 1.61 bits per heavy atom. The number of aromatic carboxylic acids is 1. The van der Waals surface area contributed by atoms with Crippen molar-refractivity contribution in [3.05, 3.63) is 65.2 Å². The molecule has 1 saturated heterocycles. The average molecular weight is 382 g/mol. The number of nitrogens with zero attached hydrogens (tertiary/aromatic N) is 1. The van der Waals surface area contributed by atoms with Gasteiger partial charge in [-0.2, -0.15) is 0 Å². The SMILES string of the molecule is COc1ccc(C(CNC(=O)c2ccc(C(=O)O)cc2)N2CCCCC2)cc1. The third-order valence-electron chi connectivity index (χ3n) is 5.18. The fourth-order valence-corrected chi connectivity index (χ4v) is 3.57. The number of ether oxygens (including phenoxy) is 1. The Morgan fingerprint density at radius 3 is 2.18 bits per heavy atom. The number of nitrogens with one attached hydrogen (secondary N) is 1. The second-order valence-corrected chi connectivity index (χ2v) is 6.98. The van der Waals surface area contributed by atoms with Crippen molar-refractivity contribution in [3.63, 3.8) is 0 Å². The minimum absolute atomic E-state index is 0.0912. The Bertz CT molecular complexity index is 796. The Balaban J connectivity index is 1.71. The van der Waals surface area contributed by atoms with Gasteiger partial charge in [0.15, 0.2) is 0 Å². The van der Waals surface area contributed by atoms with E-state index in [-0.39, 0.29) is 17.5 Å². The van der Waals surface area contributed by atoms with Gasteiger partial charge in [0.05, 0.1) is 18.7 Å². The first-order valence-corrected chi connectivity index (χ1v) is 9.58. The summed E-state index contributed by atoms with van der Waals surface area (Å²) in [6.45, 7) is 2.52. The molecule has 0 bridgehead atoms. The predicted molar refractivity (Wildman–Crippen MR) is 107 cm³/mol. The molecule has 2 aromatic rings. The molecule has 1 unspecified atom stereocenters. The van der Waals surface area contributed by atoms with Gasteiger partial charge in [-0.3, -0.25) is 9.69 Å². The fraction of sp³-hybridized carbons (Fsp3) is 0.364. The highest BCUT2D eigenvalue weighted by molar-refractivity contribution is 5.95. The molecule has 28 heavy (non-hydrogen) atoms. The first kappa shape index (κ1) is 19.9. The molecule has 2 aromatic carbocycles. The fourth-order valence-electron chi connectivity index (χ4n) is 3.57. The van der Waals surface area contributed by atoms with Gasteiger partial charge in [0, 0.05) is 12.1 Å². The van der Waals surface area contributed by atoms with Crippen LogP contribution < -0.4 is 10.1 Å². The van der Waals surface area contributed by atoms with Gasteiger partial charge in [0.2, 0.25) is 0 Å². The smallest absolute Gasteiger partial charge is 0.335 e. The molecule has 3 rings (SSSR count). The summed E-state index contributed by atoms with van der Waals surface area (Å²) < 4.78 is 5.25. The maximum Gasteiger partial charge on any atom is 0.335 e. The summed E-state index contributed by atoms with van der Waals surface area (Å²) in [5.41, 5.74) is 1.77. The zero-order valence-electron chi connectivity index (χ0n) is 16.1. The average Bonchev–Trinajstić information content (AvgIpc) is 2.75. The predicted octanol–water partition coefficient (Wildman–Crippen LogP) is 3.35. The van der Waals surface area contributed by atoms with E-state index < -0.39 is 5.97 Å². The molecule has 6 nitrogen and oxygen atoms in total. The van der Waals surface area contributed by atoms with Crippen LogP contribution in [0, 0.1) is 0 Å². The van der Waals surface area contributed by atoms with Gasteiger partial charge < -0.3 is 15.2 Å². The zero-order valence-corrected chi connectivity index (χ0v) is 16.1. The van der Waals surface area contributed by atoms with Crippen LogP contribution in [0.15, 0.2) is 48.5 Å². The van der Waals surface area contributed by atoms with Crippen LogP contribution in [0.3, 0.4) is 0 Å². The van der Waals surface area contributed by atoms with Gasteiger partial charge >= 0.3 is 5.97 Å². The molecule has 1 heterocycles. The second kappa shape index (κ2) is 9.37. The summed E-state index contributed by atoms with van der Waals surface area (Å²) in [6.07, 6.45) is 3.57.